The highest BCUT2D eigenvalue weighted by molar-refractivity contribution is 9.08. The average molecular weight is 298 g/mol. The third-order valence-corrected chi connectivity index (χ3v) is 4.10. The van der Waals surface area contributed by atoms with Crippen LogP contribution < -0.4 is 4.90 Å². The van der Waals surface area contributed by atoms with Crippen LogP contribution in [0.3, 0.4) is 0 Å². The number of halogens is 1. The number of benzene rings is 1. The standard InChI is InChI=1S/C14H20BrNO/c1-11-3-4-14(12(9-11)10-15)16(2)13-5-7-17-8-6-13/h3-4,9,13H,5-8,10H2,1-2H3. The molecule has 1 aliphatic rings. The van der Waals surface area contributed by atoms with Crippen LogP contribution in [0.2, 0.25) is 0 Å². The van der Waals surface area contributed by atoms with Gasteiger partial charge in [-0.1, -0.05) is 33.6 Å². The molecule has 0 bridgehead atoms. The molecule has 0 aliphatic carbocycles. The fourth-order valence-corrected chi connectivity index (χ4v) is 2.88. The summed E-state index contributed by atoms with van der Waals surface area (Å²) in [5, 5.41) is 0.914. The molecule has 0 radical (unpaired) electrons. The van der Waals surface area contributed by atoms with Crippen LogP contribution in [0.1, 0.15) is 24.0 Å². The van der Waals surface area contributed by atoms with Crippen molar-refractivity contribution in [3.8, 4) is 0 Å². The van der Waals surface area contributed by atoms with E-state index in [9.17, 15) is 0 Å². The van der Waals surface area contributed by atoms with Crippen LogP contribution in [-0.2, 0) is 10.1 Å². The number of ether oxygens (including phenoxy) is 1. The maximum Gasteiger partial charge on any atom is 0.0485 e. The lowest BCUT2D eigenvalue weighted by Gasteiger charge is -2.34. The molecule has 17 heavy (non-hydrogen) atoms. The van der Waals surface area contributed by atoms with E-state index in [0.29, 0.717) is 6.04 Å². The van der Waals surface area contributed by atoms with Gasteiger partial charge in [-0.15, -0.1) is 0 Å². The Labute approximate surface area is 112 Å². The Morgan fingerprint density at radius 2 is 2.06 bits per heavy atom. The van der Waals surface area contributed by atoms with Gasteiger partial charge >= 0.3 is 0 Å². The third kappa shape index (κ3) is 3.02. The lowest BCUT2D eigenvalue weighted by Crippen LogP contribution is -2.37. The van der Waals surface area contributed by atoms with E-state index < -0.39 is 0 Å². The topological polar surface area (TPSA) is 12.5 Å². The molecule has 1 aromatic rings. The summed E-state index contributed by atoms with van der Waals surface area (Å²) in [5.74, 6) is 0. The van der Waals surface area contributed by atoms with Crippen LogP contribution >= 0.6 is 15.9 Å². The van der Waals surface area contributed by atoms with Gasteiger partial charge in [0.1, 0.15) is 0 Å². The molecule has 3 heteroatoms. The van der Waals surface area contributed by atoms with Crippen molar-refractivity contribution < 1.29 is 4.74 Å². The second-order valence-electron chi connectivity index (χ2n) is 4.72. The van der Waals surface area contributed by atoms with Gasteiger partial charge in [-0.2, -0.15) is 0 Å². The van der Waals surface area contributed by atoms with E-state index >= 15 is 0 Å². The molecule has 0 N–H and O–H groups in total. The Morgan fingerprint density at radius 3 is 2.71 bits per heavy atom. The third-order valence-electron chi connectivity index (χ3n) is 3.50. The zero-order valence-corrected chi connectivity index (χ0v) is 12.2. The maximum absolute atomic E-state index is 5.43. The number of aryl methyl sites for hydroxylation is 1. The first kappa shape index (κ1) is 12.9. The first-order valence-electron chi connectivity index (χ1n) is 6.18. The Bertz CT molecular complexity index is 374. The number of hydrogen-bond donors (Lipinski definition) is 0. The van der Waals surface area contributed by atoms with Crippen molar-refractivity contribution in [2.45, 2.75) is 31.1 Å². The molecule has 1 aromatic carbocycles. The van der Waals surface area contributed by atoms with E-state index in [-0.39, 0.29) is 0 Å². The molecule has 2 rings (SSSR count). The van der Waals surface area contributed by atoms with Gasteiger partial charge in [0.2, 0.25) is 0 Å². The molecule has 1 heterocycles. The highest BCUT2D eigenvalue weighted by Crippen LogP contribution is 2.27. The van der Waals surface area contributed by atoms with Crippen molar-refractivity contribution in [2.24, 2.45) is 0 Å². The molecule has 1 fully saturated rings. The average Bonchev–Trinajstić information content (AvgIpc) is 2.39. The van der Waals surface area contributed by atoms with E-state index in [4.69, 9.17) is 4.74 Å². The molecule has 1 saturated heterocycles. The fourth-order valence-electron chi connectivity index (χ4n) is 2.43. The largest absolute Gasteiger partial charge is 0.381 e. The van der Waals surface area contributed by atoms with Crippen molar-refractivity contribution in [3.63, 3.8) is 0 Å². The number of alkyl halides is 1. The summed E-state index contributed by atoms with van der Waals surface area (Å²) in [5.41, 5.74) is 4.04. The first-order valence-corrected chi connectivity index (χ1v) is 7.30. The molecule has 2 nitrogen and oxygen atoms in total. The zero-order valence-electron chi connectivity index (χ0n) is 10.6. The molecule has 94 valence electrons. The summed E-state index contributed by atoms with van der Waals surface area (Å²) in [4.78, 5) is 2.42. The summed E-state index contributed by atoms with van der Waals surface area (Å²) in [6, 6.07) is 7.31. The molecule has 0 aromatic heterocycles. The number of hydrogen-bond acceptors (Lipinski definition) is 2. The van der Waals surface area contributed by atoms with Crippen LogP contribution in [0.4, 0.5) is 5.69 Å². The molecule has 0 spiro atoms. The van der Waals surface area contributed by atoms with Crippen molar-refractivity contribution in [1.29, 1.82) is 0 Å². The minimum atomic E-state index is 0.615. The Hall–Kier alpha value is -0.540. The van der Waals surface area contributed by atoms with Crippen LogP contribution in [0.15, 0.2) is 18.2 Å². The number of rotatable bonds is 3. The molecule has 0 amide bonds. The lowest BCUT2D eigenvalue weighted by molar-refractivity contribution is 0.0854. The van der Waals surface area contributed by atoms with Crippen LogP contribution in [0.5, 0.6) is 0 Å². The van der Waals surface area contributed by atoms with Gasteiger partial charge in [0.25, 0.3) is 0 Å². The molecular formula is C14H20BrNO. The van der Waals surface area contributed by atoms with Gasteiger partial charge in [-0.3, -0.25) is 0 Å². The smallest absolute Gasteiger partial charge is 0.0485 e. The van der Waals surface area contributed by atoms with Gasteiger partial charge < -0.3 is 9.64 Å². The summed E-state index contributed by atoms with van der Waals surface area (Å²) in [7, 11) is 2.20. The summed E-state index contributed by atoms with van der Waals surface area (Å²) >= 11 is 3.58. The predicted molar refractivity (Wildman–Crippen MR) is 76.1 cm³/mol. The summed E-state index contributed by atoms with van der Waals surface area (Å²) in [6.45, 7) is 3.93. The highest BCUT2D eigenvalue weighted by atomic mass is 79.9. The SMILES string of the molecule is Cc1ccc(N(C)C2CCOCC2)c(CBr)c1. The molecular weight excluding hydrogens is 278 g/mol. The molecule has 1 aliphatic heterocycles. The van der Waals surface area contributed by atoms with Crippen molar-refractivity contribution in [1.82, 2.24) is 0 Å². The van der Waals surface area contributed by atoms with Gasteiger partial charge in [0.15, 0.2) is 0 Å². The van der Waals surface area contributed by atoms with Crippen molar-refractivity contribution in [2.75, 3.05) is 25.2 Å². The van der Waals surface area contributed by atoms with Crippen molar-refractivity contribution in [3.05, 3.63) is 29.3 Å². The maximum atomic E-state index is 5.43. The van der Waals surface area contributed by atoms with Gasteiger partial charge in [0.05, 0.1) is 0 Å². The zero-order chi connectivity index (χ0) is 12.3. The minimum absolute atomic E-state index is 0.615. The lowest BCUT2D eigenvalue weighted by atomic mass is 10.0. The summed E-state index contributed by atoms with van der Waals surface area (Å²) in [6.07, 6.45) is 2.26. The van der Waals surface area contributed by atoms with Crippen LogP contribution in [0, 0.1) is 6.92 Å². The monoisotopic (exact) mass is 297 g/mol. The Balaban J connectivity index is 2.19. The summed E-state index contributed by atoms with van der Waals surface area (Å²) < 4.78 is 5.43. The normalized spacial score (nSPS) is 17.1. The second-order valence-corrected chi connectivity index (χ2v) is 5.28. The Kier molecular flexibility index (Phi) is 4.46. The minimum Gasteiger partial charge on any atom is -0.381 e. The van der Waals surface area contributed by atoms with Gasteiger partial charge in [0, 0.05) is 37.3 Å². The Morgan fingerprint density at radius 1 is 1.35 bits per heavy atom. The highest BCUT2D eigenvalue weighted by Gasteiger charge is 2.20. The molecule has 0 saturated carbocycles. The predicted octanol–water partition coefficient (Wildman–Crippen LogP) is 3.51. The molecule has 0 unspecified atom stereocenters. The quantitative estimate of drug-likeness (QED) is 0.792. The van der Waals surface area contributed by atoms with Gasteiger partial charge in [-0.05, 0) is 31.4 Å². The second kappa shape index (κ2) is 5.87. The first-order chi connectivity index (χ1) is 8.22. The number of nitrogens with zero attached hydrogens (tertiary/aromatic N) is 1. The van der Waals surface area contributed by atoms with Crippen LogP contribution in [-0.4, -0.2) is 26.3 Å². The van der Waals surface area contributed by atoms with E-state index in [1.54, 1.807) is 0 Å². The van der Waals surface area contributed by atoms with E-state index in [2.05, 4.69) is 53.0 Å². The van der Waals surface area contributed by atoms with Crippen LogP contribution in [0.25, 0.3) is 0 Å². The van der Waals surface area contributed by atoms with E-state index in [1.165, 1.54) is 16.8 Å². The van der Waals surface area contributed by atoms with E-state index in [1.807, 2.05) is 0 Å². The van der Waals surface area contributed by atoms with E-state index in [0.717, 1.165) is 31.4 Å². The van der Waals surface area contributed by atoms with Crippen molar-refractivity contribution >= 4 is 21.6 Å². The van der Waals surface area contributed by atoms with Gasteiger partial charge in [-0.25, -0.2) is 0 Å². The number of anilines is 1. The fraction of sp³-hybridized carbons (Fsp3) is 0.571. The molecule has 0 atom stereocenters.